The van der Waals surface area contributed by atoms with E-state index >= 15 is 0 Å². The average Bonchev–Trinajstić information content (AvgIpc) is 2.18. The van der Waals surface area contributed by atoms with Crippen LogP contribution in [0, 0.1) is 0 Å². The van der Waals surface area contributed by atoms with Gasteiger partial charge in [-0.25, -0.2) is 0 Å². The third kappa shape index (κ3) is 3.05. The van der Waals surface area contributed by atoms with E-state index in [0.29, 0.717) is 0 Å². The molecule has 0 aliphatic heterocycles. The summed E-state index contributed by atoms with van der Waals surface area (Å²) in [6.07, 6.45) is 10.7. The quantitative estimate of drug-likeness (QED) is 0.694. The summed E-state index contributed by atoms with van der Waals surface area (Å²) in [4.78, 5) is 0. The summed E-state index contributed by atoms with van der Waals surface area (Å²) in [5.41, 5.74) is 1.35. The predicted octanol–water partition coefficient (Wildman–Crippen LogP) is 4.64. The van der Waals surface area contributed by atoms with Gasteiger partial charge in [-0.3, -0.25) is 0 Å². The Morgan fingerprint density at radius 2 is 2.13 bits per heavy atom. The zero-order valence-corrected chi connectivity index (χ0v) is 11.5. The van der Waals surface area contributed by atoms with E-state index in [2.05, 4.69) is 80.4 Å². The molecule has 1 unspecified atom stereocenters. The van der Waals surface area contributed by atoms with Crippen LogP contribution in [-0.2, 0) is 6.42 Å². The summed E-state index contributed by atoms with van der Waals surface area (Å²) in [7, 11) is 0. The van der Waals surface area contributed by atoms with Crippen molar-refractivity contribution in [2.45, 2.75) is 17.2 Å². The molecule has 0 heterocycles. The Balaban J connectivity index is 2.15. The first-order valence-corrected chi connectivity index (χ1v) is 6.54. The maximum atomic E-state index is 3.80. The smallest absolute Gasteiger partial charge is 0.0514 e. The highest BCUT2D eigenvalue weighted by atomic mass is 79.9. The van der Waals surface area contributed by atoms with E-state index < -0.39 is 0 Å². The molecule has 0 radical (unpaired) electrons. The van der Waals surface area contributed by atoms with Gasteiger partial charge in [-0.2, -0.15) is 0 Å². The first-order chi connectivity index (χ1) is 7.18. The van der Waals surface area contributed by atoms with Crippen LogP contribution in [0.25, 0.3) is 0 Å². The lowest BCUT2D eigenvalue weighted by Crippen LogP contribution is -2.21. The molecule has 0 saturated carbocycles. The van der Waals surface area contributed by atoms with Crippen molar-refractivity contribution in [2.75, 3.05) is 0 Å². The molecule has 1 aliphatic rings. The highest BCUT2D eigenvalue weighted by Gasteiger charge is 2.23. The number of halogens is 2. The highest BCUT2D eigenvalue weighted by Crippen LogP contribution is 2.32. The van der Waals surface area contributed by atoms with E-state index in [1.54, 1.807) is 0 Å². The van der Waals surface area contributed by atoms with E-state index in [1.807, 2.05) is 0 Å². The minimum absolute atomic E-state index is 0.0997. The van der Waals surface area contributed by atoms with Gasteiger partial charge in [-0.15, -0.1) is 0 Å². The monoisotopic (exact) mass is 326 g/mol. The fraction of sp³-hybridized carbons (Fsp3) is 0.231. The molecule has 78 valence electrons. The van der Waals surface area contributed by atoms with Crippen LogP contribution < -0.4 is 0 Å². The van der Waals surface area contributed by atoms with Crippen molar-refractivity contribution in [1.82, 2.24) is 0 Å². The van der Waals surface area contributed by atoms with Crippen molar-refractivity contribution in [3.63, 3.8) is 0 Å². The Labute approximate surface area is 107 Å². The molecule has 0 spiro atoms. The molecular weight excluding hydrogens is 316 g/mol. The van der Waals surface area contributed by atoms with E-state index in [9.17, 15) is 0 Å². The zero-order valence-electron chi connectivity index (χ0n) is 8.29. The Bertz CT molecular complexity index is 407. The fourth-order valence-corrected chi connectivity index (χ4v) is 2.87. The molecule has 2 heteroatoms. The number of hydrogen-bond donors (Lipinski definition) is 0. The molecule has 15 heavy (non-hydrogen) atoms. The van der Waals surface area contributed by atoms with Gasteiger partial charge >= 0.3 is 0 Å². The molecule has 0 aromatic heterocycles. The Kier molecular flexibility index (Phi) is 3.47. The zero-order chi connectivity index (χ0) is 10.7. The molecule has 1 aliphatic carbocycles. The maximum Gasteiger partial charge on any atom is 0.0514 e. The standard InChI is InChI=1S/C13H12Br2/c14-12-6-4-5-11(9-12)10-13(15)7-2-1-3-8-13/h1-7,9H,8,10H2. The van der Waals surface area contributed by atoms with Crippen LogP contribution in [0.2, 0.25) is 0 Å². The molecular formula is C13H12Br2. The molecule has 0 nitrogen and oxygen atoms in total. The lowest BCUT2D eigenvalue weighted by atomic mass is 9.93. The highest BCUT2D eigenvalue weighted by molar-refractivity contribution is 9.10. The van der Waals surface area contributed by atoms with Crippen LogP contribution in [0.5, 0.6) is 0 Å². The van der Waals surface area contributed by atoms with E-state index in [4.69, 9.17) is 0 Å². The Morgan fingerprint density at radius 3 is 2.80 bits per heavy atom. The summed E-state index contributed by atoms with van der Waals surface area (Å²) in [6, 6.07) is 8.48. The number of rotatable bonds is 2. The molecule has 1 aromatic carbocycles. The van der Waals surface area contributed by atoms with Gasteiger partial charge in [0.2, 0.25) is 0 Å². The molecule has 1 aromatic rings. The third-order valence-corrected chi connectivity index (χ3v) is 3.85. The maximum absolute atomic E-state index is 3.80. The second kappa shape index (κ2) is 4.67. The van der Waals surface area contributed by atoms with E-state index in [1.165, 1.54) is 5.56 Å². The molecule has 1 atom stereocenters. The summed E-state index contributed by atoms with van der Waals surface area (Å²) in [5.74, 6) is 0. The van der Waals surface area contributed by atoms with Crippen molar-refractivity contribution < 1.29 is 0 Å². The molecule has 0 N–H and O–H groups in total. The fourth-order valence-electron chi connectivity index (χ4n) is 1.76. The number of alkyl halides is 1. The molecule has 0 saturated heterocycles. The first kappa shape index (κ1) is 11.2. The van der Waals surface area contributed by atoms with Crippen molar-refractivity contribution in [1.29, 1.82) is 0 Å². The van der Waals surface area contributed by atoms with Crippen LogP contribution in [0.4, 0.5) is 0 Å². The van der Waals surface area contributed by atoms with Gasteiger partial charge in [-0.1, -0.05) is 68.3 Å². The number of allylic oxidation sites excluding steroid dienone is 4. The second-order valence-electron chi connectivity index (χ2n) is 3.83. The molecule has 0 fully saturated rings. The van der Waals surface area contributed by atoms with Gasteiger partial charge in [-0.05, 0) is 30.5 Å². The van der Waals surface area contributed by atoms with Crippen molar-refractivity contribution in [3.05, 3.63) is 58.6 Å². The minimum Gasteiger partial charge on any atom is -0.0828 e. The summed E-state index contributed by atoms with van der Waals surface area (Å²) in [6.45, 7) is 0. The van der Waals surface area contributed by atoms with Gasteiger partial charge in [0.25, 0.3) is 0 Å². The predicted molar refractivity (Wildman–Crippen MR) is 72.4 cm³/mol. The van der Waals surface area contributed by atoms with Crippen molar-refractivity contribution in [3.8, 4) is 0 Å². The Hall–Kier alpha value is -0.340. The van der Waals surface area contributed by atoms with E-state index in [0.717, 1.165) is 17.3 Å². The average molecular weight is 328 g/mol. The third-order valence-electron chi connectivity index (χ3n) is 2.49. The van der Waals surface area contributed by atoms with Gasteiger partial charge < -0.3 is 0 Å². The number of hydrogen-bond acceptors (Lipinski definition) is 0. The molecule has 0 bridgehead atoms. The lowest BCUT2D eigenvalue weighted by Gasteiger charge is -2.24. The van der Waals surface area contributed by atoms with Crippen molar-refractivity contribution >= 4 is 31.9 Å². The van der Waals surface area contributed by atoms with Crippen LogP contribution in [0.3, 0.4) is 0 Å². The second-order valence-corrected chi connectivity index (χ2v) is 6.33. The largest absolute Gasteiger partial charge is 0.0828 e. The van der Waals surface area contributed by atoms with Gasteiger partial charge in [0.15, 0.2) is 0 Å². The normalized spacial score (nSPS) is 24.4. The molecule has 0 amide bonds. The van der Waals surface area contributed by atoms with Gasteiger partial charge in [0.1, 0.15) is 0 Å². The van der Waals surface area contributed by atoms with Gasteiger partial charge in [0, 0.05) is 4.47 Å². The van der Waals surface area contributed by atoms with Crippen LogP contribution in [0.15, 0.2) is 53.0 Å². The first-order valence-electron chi connectivity index (χ1n) is 4.96. The topological polar surface area (TPSA) is 0 Å². The molecule has 2 rings (SSSR count). The lowest BCUT2D eigenvalue weighted by molar-refractivity contribution is 0.725. The minimum atomic E-state index is 0.0997. The van der Waals surface area contributed by atoms with Crippen LogP contribution >= 0.6 is 31.9 Å². The Morgan fingerprint density at radius 1 is 1.27 bits per heavy atom. The van der Waals surface area contributed by atoms with Crippen LogP contribution in [0.1, 0.15) is 12.0 Å². The summed E-state index contributed by atoms with van der Waals surface area (Å²) < 4.78 is 1.24. The van der Waals surface area contributed by atoms with Crippen molar-refractivity contribution in [2.24, 2.45) is 0 Å². The van der Waals surface area contributed by atoms with E-state index in [-0.39, 0.29) is 4.32 Å². The SMILES string of the molecule is Brc1cccc(CC2(Br)C=CC=CC2)c1. The van der Waals surface area contributed by atoms with Crippen LogP contribution in [-0.4, -0.2) is 4.32 Å². The summed E-state index contributed by atoms with van der Waals surface area (Å²) >= 11 is 7.30. The number of benzene rings is 1. The van der Waals surface area contributed by atoms with Gasteiger partial charge in [0.05, 0.1) is 4.32 Å². The summed E-state index contributed by atoms with van der Waals surface area (Å²) in [5, 5.41) is 0.